The predicted octanol–water partition coefficient (Wildman–Crippen LogP) is 5.56. The van der Waals surface area contributed by atoms with Crippen LogP contribution in [0.1, 0.15) is 35.2 Å². The molecule has 0 spiro atoms. The van der Waals surface area contributed by atoms with Gasteiger partial charge in [-0.15, -0.1) is 0 Å². The van der Waals surface area contributed by atoms with Crippen molar-refractivity contribution < 1.29 is 24.2 Å². The molecule has 37 heavy (non-hydrogen) atoms. The lowest BCUT2D eigenvalue weighted by atomic mass is 9.94. The monoisotopic (exact) mass is 512 g/mol. The molecule has 3 heterocycles. The third-order valence-electron chi connectivity index (χ3n) is 6.76. The Morgan fingerprint density at radius 3 is 2.78 bits per heavy atom. The Bertz CT molecular complexity index is 1620. The molecule has 6 rings (SSSR count). The summed E-state index contributed by atoms with van der Waals surface area (Å²) >= 11 is 1.34. The van der Waals surface area contributed by atoms with Gasteiger partial charge in [-0.3, -0.25) is 14.5 Å². The summed E-state index contributed by atoms with van der Waals surface area (Å²) in [5.74, 6) is -0.382. The van der Waals surface area contributed by atoms with E-state index in [4.69, 9.17) is 9.47 Å². The molecule has 186 valence electrons. The standard InChI is InChI=1S/C29H24N2O5S/c1-15-7-9-21-23(11-15)37-29(30-21)31-25(17-5-4-6-20(14-17)35-3)24(27(33)28(31)34)26(32)18-8-10-22-19(13-18)12-16(2)36-22/h4-11,13-14,16,25,32H,12H2,1-3H3/t16-,25+/m1/s1. The van der Waals surface area contributed by atoms with Crippen molar-refractivity contribution in [1.29, 1.82) is 0 Å². The number of carbonyl (C=O) groups excluding carboxylic acids is 2. The Morgan fingerprint density at radius 1 is 1.14 bits per heavy atom. The zero-order valence-electron chi connectivity index (χ0n) is 20.5. The van der Waals surface area contributed by atoms with Gasteiger partial charge in [0.1, 0.15) is 23.4 Å². The van der Waals surface area contributed by atoms with Gasteiger partial charge in [0.2, 0.25) is 0 Å². The zero-order chi connectivity index (χ0) is 25.8. The molecule has 3 aromatic carbocycles. The van der Waals surface area contributed by atoms with Gasteiger partial charge in [0.25, 0.3) is 5.78 Å². The van der Waals surface area contributed by atoms with Crippen molar-refractivity contribution in [3.05, 3.63) is 88.5 Å². The van der Waals surface area contributed by atoms with E-state index in [-0.39, 0.29) is 17.4 Å². The number of rotatable bonds is 4. The predicted molar refractivity (Wildman–Crippen MR) is 142 cm³/mol. The van der Waals surface area contributed by atoms with Crippen LogP contribution in [0.5, 0.6) is 11.5 Å². The number of Topliss-reactive ketones (excluding diaryl/α,β-unsaturated/α-hetero) is 1. The summed E-state index contributed by atoms with van der Waals surface area (Å²) in [6, 6.07) is 17.5. The van der Waals surface area contributed by atoms with Crippen LogP contribution >= 0.6 is 11.3 Å². The van der Waals surface area contributed by atoms with E-state index in [9.17, 15) is 14.7 Å². The largest absolute Gasteiger partial charge is 0.507 e. The topological polar surface area (TPSA) is 89.0 Å². The van der Waals surface area contributed by atoms with Gasteiger partial charge in [0.05, 0.1) is 28.9 Å². The Balaban J connectivity index is 1.54. The number of carbonyl (C=O) groups is 2. The third-order valence-corrected chi connectivity index (χ3v) is 7.78. The van der Waals surface area contributed by atoms with Crippen molar-refractivity contribution in [2.75, 3.05) is 12.0 Å². The average molecular weight is 513 g/mol. The lowest BCUT2D eigenvalue weighted by Gasteiger charge is -2.23. The molecule has 2 aliphatic heterocycles. The van der Waals surface area contributed by atoms with Gasteiger partial charge in [-0.05, 0) is 73.0 Å². The lowest BCUT2D eigenvalue weighted by molar-refractivity contribution is -0.132. The van der Waals surface area contributed by atoms with E-state index in [1.165, 1.54) is 16.2 Å². The van der Waals surface area contributed by atoms with Gasteiger partial charge in [0.15, 0.2) is 5.13 Å². The number of amides is 1. The third kappa shape index (κ3) is 3.84. The Labute approximate surface area is 217 Å². The van der Waals surface area contributed by atoms with Crippen LogP contribution in [0.4, 0.5) is 5.13 Å². The van der Waals surface area contributed by atoms with Crippen LogP contribution in [0.15, 0.2) is 66.2 Å². The summed E-state index contributed by atoms with van der Waals surface area (Å²) in [6.07, 6.45) is 0.743. The highest BCUT2D eigenvalue weighted by Crippen LogP contribution is 2.45. The maximum atomic E-state index is 13.5. The number of hydrogen-bond acceptors (Lipinski definition) is 7. The van der Waals surface area contributed by atoms with Crippen molar-refractivity contribution in [2.24, 2.45) is 0 Å². The Hall–Kier alpha value is -4.17. The first-order valence-corrected chi connectivity index (χ1v) is 12.8. The normalized spacial score (nSPS) is 20.4. The van der Waals surface area contributed by atoms with E-state index in [1.807, 2.05) is 44.2 Å². The quantitative estimate of drug-likeness (QED) is 0.219. The first-order chi connectivity index (χ1) is 17.8. The molecule has 0 aliphatic carbocycles. The van der Waals surface area contributed by atoms with E-state index in [0.29, 0.717) is 28.4 Å². The van der Waals surface area contributed by atoms with Crippen LogP contribution in [0.3, 0.4) is 0 Å². The van der Waals surface area contributed by atoms with Crippen molar-refractivity contribution in [1.82, 2.24) is 4.98 Å². The summed E-state index contributed by atoms with van der Waals surface area (Å²) in [4.78, 5) is 33.1. The number of aryl methyl sites for hydroxylation is 1. The number of aromatic nitrogens is 1. The molecule has 8 heteroatoms. The van der Waals surface area contributed by atoms with Crippen LogP contribution in [0, 0.1) is 6.92 Å². The van der Waals surface area contributed by atoms with Gasteiger partial charge in [-0.2, -0.15) is 0 Å². The van der Waals surface area contributed by atoms with E-state index in [2.05, 4.69) is 4.98 Å². The highest BCUT2D eigenvalue weighted by Gasteiger charge is 2.48. The van der Waals surface area contributed by atoms with Gasteiger partial charge < -0.3 is 14.6 Å². The molecule has 1 fully saturated rings. The first kappa shape index (κ1) is 23.2. The van der Waals surface area contributed by atoms with E-state index >= 15 is 0 Å². The number of hydrogen-bond donors (Lipinski definition) is 1. The molecule has 0 saturated carbocycles. The Morgan fingerprint density at radius 2 is 1.97 bits per heavy atom. The molecular formula is C29H24N2O5S. The SMILES string of the molecule is COc1cccc([C@H]2C(=C(O)c3ccc4c(c3)C[C@@H](C)O4)C(=O)C(=O)N2c2nc3ccc(C)cc3s2)c1. The van der Waals surface area contributed by atoms with Crippen molar-refractivity contribution >= 4 is 44.1 Å². The minimum Gasteiger partial charge on any atom is -0.507 e. The van der Waals surface area contributed by atoms with E-state index in [0.717, 1.165) is 27.1 Å². The fourth-order valence-corrected chi connectivity index (χ4v) is 6.09. The molecule has 2 atom stereocenters. The number of benzene rings is 3. The maximum absolute atomic E-state index is 13.5. The summed E-state index contributed by atoms with van der Waals surface area (Å²) < 4.78 is 12.1. The van der Waals surface area contributed by atoms with Gasteiger partial charge in [-0.25, -0.2) is 4.98 Å². The maximum Gasteiger partial charge on any atom is 0.301 e. The molecule has 1 saturated heterocycles. The molecular weight excluding hydrogens is 488 g/mol. The molecule has 2 aliphatic rings. The van der Waals surface area contributed by atoms with Crippen LogP contribution < -0.4 is 14.4 Å². The molecule has 0 radical (unpaired) electrons. The number of methoxy groups -OCH3 is 1. The average Bonchev–Trinajstić information content (AvgIpc) is 3.55. The van der Waals surface area contributed by atoms with E-state index < -0.39 is 17.7 Å². The fraction of sp³-hybridized carbons (Fsp3) is 0.207. The Kier molecular flexibility index (Phi) is 5.49. The lowest BCUT2D eigenvalue weighted by Crippen LogP contribution is -2.29. The summed E-state index contributed by atoms with van der Waals surface area (Å²) in [5, 5.41) is 11.9. The molecule has 1 amide bonds. The molecule has 0 unspecified atom stereocenters. The van der Waals surface area contributed by atoms with E-state index in [1.54, 1.807) is 37.4 Å². The minimum absolute atomic E-state index is 0.0144. The molecule has 0 bridgehead atoms. The number of aliphatic hydroxyl groups is 1. The first-order valence-electron chi connectivity index (χ1n) is 12.0. The van der Waals surface area contributed by atoms with Gasteiger partial charge in [0, 0.05) is 12.0 Å². The molecule has 4 aromatic rings. The number of anilines is 1. The highest BCUT2D eigenvalue weighted by molar-refractivity contribution is 7.22. The molecule has 7 nitrogen and oxygen atoms in total. The summed E-state index contributed by atoms with van der Waals surface area (Å²) in [6.45, 7) is 3.97. The number of aliphatic hydroxyl groups excluding tert-OH is 1. The molecule has 1 N–H and O–H groups in total. The van der Waals surface area contributed by atoms with Crippen LogP contribution in [0.2, 0.25) is 0 Å². The van der Waals surface area contributed by atoms with Crippen molar-refractivity contribution in [3.8, 4) is 11.5 Å². The van der Waals surface area contributed by atoms with Gasteiger partial charge in [-0.1, -0.05) is 29.5 Å². The van der Waals surface area contributed by atoms with Crippen LogP contribution in [0.25, 0.3) is 16.0 Å². The second kappa shape index (κ2) is 8.74. The van der Waals surface area contributed by atoms with Crippen LogP contribution in [-0.2, 0) is 16.0 Å². The van der Waals surface area contributed by atoms with Crippen LogP contribution in [-0.4, -0.2) is 35.0 Å². The smallest absolute Gasteiger partial charge is 0.301 e. The number of fused-ring (bicyclic) bond motifs is 2. The number of thiazole rings is 1. The van der Waals surface area contributed by atoms with Gasteiger partial charge >= 0.3 is 5.91 Å². The zero-order valence-corrected chi connectivity index (χ0v) is 21.3. The summed E-state index contributed by atoms with van der Waals surface area (Å²) in [5.41, 5.74) is 3.87. The fourth-order valence-electron chi connectivity index (χ4n) is 5.00. The number of ether oxygens (including phenoxy) is 2. The second-order valence-corrected chi connectivity index (χ2v) is 10.4. The second-order valence-electron chi connectivity index (χ2n) is 9.37. The highest BCUT2D eigenvalue weighted by atomic mass is 32.1. The molecule has 1 aromatic heterocycles. The summed E-state index contributed by atoms with van der Waals surface area (Å²) in [7, 11) is 1.56. The van der Waals surface area contributed by atoms with Crippen molar-refractivity contribution in [2.45, 2.75) is 32.4 Å². The number of nitrogens with zero attached hydrogens (tertiary/aromatic N) is 2. The minimum atomic E-state index is -0.875. The van der Waals surface area contributed by atoms with Crippen molar-refractivity contribution in [3.63, 3.8) is 0 Å². The number of ketones is 1.